The van der Waals surface area contributed by atoms with Gasteiger partial charge in [-0.25, -0.2) is 0 Å². The third-order valence-electron chi connectivity index (χ3n) is 6.75. The van der Waals surface area contributed by atoms with Crippen molar-refractivity contribution in [1.82, 2.24) is 5.32 Å². The molecule has 1 unspecified atom stereocenters. The lowest BCUT2D eigenvalue weighted by atomic mass is 9.73. The van der Waals surface area contributed by atoms with Gasteiger partial charge in [-0.15, -0.1) is 0 Å². The van der Waals surface area contributed by atoms with Gasteiger partial charge >= 0.3 is 0 Å². The van der Waals surface area contributed by atoms with Crippen molar-refractivity contribution in [3.05, 3.63) is 47.1 Å². The number of thiocarbonyl (C=S) groups is 1. The molecule has 5 heteroatoms. The Morgan fingerprint density at radius 3 is 2.70 bits per heavy atom. The fourth-order valence-corrected chi connectivity index (χ4v) is 5.29. The third-order valence-corrected chi connectivity index (χ3v) is 6.93. The first-order chi connectivity index (χ1) is 15.6. The number of ether oxygens (including phenoxy) is 2. The van der Waals surface area contributed by atoms with E-state index in [1.54, 1.807) is 0 Å². The summed E-state index contributed by atoms with van der Waals surface area (Å²) in [7, 11) is 0. The van der Waals surface area contributed by atoms with Crippen LogP contribution in [0.25, 0.3) is 0 Å². The Hall–Kier alpha value is -1.85. The zero-order valence-electron chi connectivity index (χ0n) is 21.0. The Kier molecular flexibility index (Phi) is 8.63. The highest BCUT2D eigenvalue weighted by atomic mass is 32.1. The fraction of sp³-hybridized carbons (Fsp3) is 0.607. The molecule has 1 aromatic carbocycles. The van der Waals surface area contributed by atoms with Gasteiger partial charge in [0.25, 0.3) is 5.17 Å². The monoisotopic (exact) mass is 471 g/mol. The van der Waals surface area contributed by atoms with E-state index in [1.165, 1.54) is 12.0 Å². The minimum Gasteiger partial charge on any atom is -0.507 e. The van der Waals surface area contributed by atoms with Crippen molar-refractivity contribution < 1.29 is 14.6 Å². The number of unbranched alkanes of at least 4 members (excludes halogenated alkanes) is 2. The van der Waals surface area contributed by atoms with Crippen LogP contribution in [0.3, 0.4) is 0 Å². The third kappa shape index (κ3) is 7.31. The predicted molar refractivity (Wildman–Crippen MR) is 140 cm³/mol. The Morgan fingerprint density at radius 2 is 2.06 bits per heavy atom. The minimum atomic E-state index is -0.235. The lowest BCUT2D eigenvalue weighted by molar-refractivity contribution is 0.319. The average Bonchev–Trinajstić information content (AvgIpc) is 3.50. The first kappa shape index (κ1) is 25.8. The molecular formula is C28H41NO3S. The summed E-state index contributed by atoms with van der Waals surface area (Å²) in [6.07, 6.45) is 9.83. The van der Waals surface area contributed by atoms with E-state index >= 15 is 0 Å². The SMILES string of the molecule is C=C(C)[C@@H]1CCC(C)=C[C@H]1c1c(O)cc(CCCCC)cc1OC(=S)NC(C)(C)CC1CO1. The molecule has 182 valence electrons. The summed E-state index contributed by atoms with van der Waals surface area (Å²) in [5, 5.41) is 14.9. The first-order valence-electron chi connectivity index (χ1n) is 12.4. The van der Waals surface area contributed by atoms with E-state index in [0.717, 1.165) is 61.8 Å². The molecule has 1 fully saturated rings. The van der Waals surface area contributed by atoms with Gasteiger partial charge in [0.15, 0.2) is 0 Å². The van der Waals surface area contributed by atoms with Crippen LogP contribution in [0, 0.1) is 5.92 Å². The molecule has 1 heterocycles. The summed E-state index contributed by atoms with van der Waals surface area (Å²) < 4.78 is 11.7. The van der Waals surface area contributed by atoms with Gasteiger partial charge in [-0.1, -0.05) is 43.6 Å². The molecule has 0 spiro atoms. The highest BCUT2D eigenvalue weighted by Crippen LogP contribution is 2.47. The van der Waals surface area contributed by atoms with E-state index in [0.29, 0.717) is 17.0 Å². The van der Waals surface area contributed by atoms with Crippen LogP contribution in [-0.4, -0.2) is 28.5 Å². The standard InChI is InChI=1S/C28H41NO3S/c1-7-8-9-10-20-14-24(30)26(23-13-19(4)11-12-22(23)18(2)3)25(15-20)32-27(33)29-28(5,6)16-21-17-31-21/h13-15,21-23,30H,2,7-12,16-17H2,1,3-6H3,(H,29,33)/t21?,22-,23+/m0/s1. The van der Waals surface area contributed by atoms with Gasteiger partial charge in [0, 0.05) is 17.0 Å². The molecule has 1 saturated heterocycles. The van der Waals surface area contributed by atoms with E-state index in [2.05, 4.69) is 58.7 Å². The molecule has 0 bridgehead atoms. The number of rotatable bonds is 10. The average molecular weight is 472 g/mol. The van der Waals surface area contributed by atoms with Crippen LogP contribution in [-0.2, 0) is 11.2 Å². The molecule has 3 atom stereocenters. The summed E-state index contributed by atoms with van der Waals surface area (Å²) in [4.78, 5) is 0. The molecule has 3 rings (SSSR count). The van der Waals surface area contributed by atoms with Crippen LogP contribution in [0.5, 0.6) is 11.5 Å². The number of benzene rings is 1. The summed E-state index contributed by atoms with van der Waals surface area (Å²) in [6, 6.07) is 3.99. The molecule has 1 aliphatic carbocycles. The van der Waals surface area contributed by atoms with Crippen molar-refractivity contribution in [2.24, 2.45) is 5.92 Å². The van der Waals surface area contributed by atoms with Gasteiger partial charge in [-0.3, -0.25) is 0 Å². The Balaban J connectivity index is 1.92. The van der Waals surface area contributed by atoms with E-state index in [9.17, 15) is 5.11 Å². The second-order valence-corrected chi connectivity index (χ2v) is 10.9. The lowest BCUT2D eigenvalue weighted by Gasteiger charge is -2.33. The zero-order chi connectivity index (χ0) is 24.2. The Labute approximate surface area is 205 Å². The first-order valence-corrected chi connectivity index (χ1v) is 12.8. The summed E-state index contributed by atoms with van der Waals surface area (Å²) in [5.41, 5.74) is 4.12. The molecule has 2 N–H and O–H groups in total. The molecular weight excluding hydrogens is 430 g/mol. The number of aromatic hydroxyl groups is 1. The van der Waals surface area contributed by atoms with Crippen LogP contribution in [0.15, 0.2) is 35.9 Å². The quantitative estimate of drug-likeness (QED) is 0.167. The van der Waals surface area contributed by atoms with E-state index in [-0.39, 0.29) is 23.1 Å². The van der Waals surface area contributed by atoms with Gasteiger partial charge in [-0.2, -0.15) is 0 Å². The maximum Gasteiger partial charge on any atom is 0.262 e. The normalized spacial score (nSPS) is 22.5. The molecule has 2 aliphatic rings. The maximum absolute atomic E-state index is 11.2. The Morgan fingerprint density at radius 1 is 1.33 bits per heavy atom. The van der Waals surface area contributed by atoms with Crippen LogP contribution >= 0.6 is 12.2 Å². The van der Waals surface area contributed by atoms with Crippen LogP contribution in [0.2, 0.25) is 0 Å². The second-order valence-electron chi connectivity index (χ2n) is 10.6. The predicted octanol–water partition coefficient (Wildman–Crippen LogP) is 6.96. The van der Waals surface area contributed by atoms with Crippen molar-refractivity contribution in [3.63, 3.8) is 0 Å². The number of epoxide rings is 1. The van der Waals surface area contributed by atoms with Gasteiger partial charge < -0.3 is 19.9 Å². The minimum absolute atomic E-state index is 0.0200. The molecule has 33 heavy (non-hydrogen) atoms. The van der Waals surface area contributed by atoms with Crippen molar-refractivity contribution >= 4 is 17.4 Å². The molecule has 0 amide bonds. The smallest absolute Gasteiger partial charge is 0.262 e. The summed E-state index contributed by atoms with van der Waals surface area (Å²) >= 11 is 5.63. The lowest BCUT2D eigenvalue weighted by Crippen LogP contribution is -2.45. The number of phenols is 1. The summed E-state index contributed by atoms with van der Waals surface area (Å²) in [5.74, 6) is 1.22. The van der Waals surface area contributed by atoms with Gasteiger partial charge in [0.05, 0.1) is 12.7 Å². The molecule has 1 aromatic rings. The number of nitrogens with one attached hydrogen (secondary N) is 1. The van der Waals surface area contributed by atoms with E-state index in [4.69, 9.17) is 21.7 Å². The number of phenolic OH excluding ortho intramolecular Hbond substituents is 1. The van der Waals surface area contributed by atoms with Gasteiger partial charge in [0.2, 0.25) is 0 Å². The molecule has 0 radical (unpaired) electrons. The highest BCUT2D eigenvalue weighted by Gasteiger charge is 2.33. The fourth-order valence-electron chi connectivity index (χ4n) is 4.92. The van der Waals surface area contributed by atoms with E-state index < -0.39 is 0 Å². The van der Waals surface area contributed by atoms with Crippen molar-refractivity contribution in [2.75, 3.05) is 6.61 Å². The van der Waals surface area contributed by atoms with Crippen LogP contribution < -0.4 is 10.1 Å². The topological polar surface area (TPSA) is 54.0 Å². The summed E-state index contributed by atoms with van der Waals surface area (Å²) in [6.45, 7) is 15.7. The van der Waals surface area contributed by atoms with Crippen LogP contribution in [0.1, 0.15) is 90.2 Å². The highest BCUT2D eigenvalue weighted by molar-refractivity contribution is 7.80. The second kappa shape index (κ2) is 11.1. The van der Waals surface area contributed by atoms with Gasteiger partial charge in [-0.05, 0) is 95.6 Å². The number of hydrogen-bond donors (Lipinski definition) is 2. The van der Waals surface area contributed by atoms with Crippen molar-refractivity contribution in [3.8, 4) is 11.5 Å². The number of aryl methyl sites for hydroxylation is 1. The van der Waals surface area contributed by atoms with Crippen molar-refractivity contribution in [1.29, 1.82) is 0 Å². The van der Waals surface area contributed by atoms with E-state index in [1.807, 2.05) is 6.07 Å². The molecule has 4 nitrogen and oxygen atoms in total. The molecule has 0 saturated carbocycles. The molecule has 0 aromatic heterocycles. The number of allylic oxidation sites excluding steroid dienone is 3. The largest absolute Gasteiger partial charge is 0.507 e. The van der Waals surface area contributed by atoms with Crippen molar-refractivity contribution in [2.45, 2.75) is 97.1 Å². The molecule has 1 aliphatic heterocycles. The van der Waals surface area contributed by atoms with Gasteiger partial charge in [0.1, 0.15) is 11.5 Å². The van der Waals surface area contributed by atoms with Crippen LogP contribution in [0.4, 0.5) is 0 Å². The Bertz CT molecular complexity index is 901. The number of hydrogen-bond acceptors (Lipinski definition) is 4. The zero-order valence-corrected chi connectivity index (χ0v) is 21.8. The maximum atomic E-state index is 11.2.